The topological polar surface area (TPSA) is 62.9 Å². The Kier molecular flexibility index (Phi) is 6.00. The van der Waals surface area contributed by atoms with Crippen LogP contribution in [0, 0.1) is 20.8 Å². The van der Waals surface area contributed by atoms with Gasteiger partial charge in [0.05, 0.1) is 0 Å². The van der Waals surface area contributed by atoms with Crippen LogP contribution >= 0.6 is 0 Å². The van der Waals surface area contributed by atoms with Gasteiger partial charge >= 0.3 is 0 Å². The van der Waals surface area contributed by atoms with Gasteiger partial charge in [0.2, 0.25) is 0 Å². The third-order valence-electron chi connectivity index (χ3n) is 7.25. The molecule has 1 saturated carbocycles. The zero-order valence-corrected chi connectivity index (χ0v) is 20.4. The van der Waals surface area contributed by atoms with Gasteiger partial charge in [0.25, 0.3) is 0 Å². The minimum atomic E-state index is -0.0551. The third kappa shape index (κ3) is 4.04. The molecule has 0 amide bonds. The van der Waals surface area contributed by atoms with Gasteiger partial charge in [-0.15, -0.1) is 0 Å². The van der Waals surface area contributed by atoms with Crippen LogP contribution in [0.25, 0.3) is 11.1 Å². The molecule has 1 atom stereocenters. The average molecular weight is 460 g/mol. The number of ether oxygens (including phenoxy) is 4. The Labute approximate surface area is 201 Å². The fourth-order valence-corrected chi connectivity index (χ4v) is 5.30. The van der Waals surface area contributed by atoms with Gasteiger partial charge in [-0.2, -0.15) is 0 Å². The molecule has 178 valence electrons. The van der Waals surface area contributed by atoms with E-state index in [2.05, 4.69) is 57.2 Å². The van der Waals surface area contributed by atoms with Crippen LogP contribution in [0.15, 0.2) is 48.5 Å². The van der Waals surface area contributed by atoms with Gasteiger partial charge in [-0.25, -0.2) is 0 Å². The summed E-state index contributed by atoms with van der Waals surface area (Å²) < 4.78 is 23.2. The Morgan fingerprint density at radius 1 is 0.971 bits per heavy atom. The van der Waals surface area contributed by atoms with Gasteiger partial charge in [-0.3, -0.25) is 0 Å². The molecule has 1 fully saturated rings. The van der Waals surface area contributed by atoms with Crippen molar-refractivity contribution in [2.24, 2.45) is 5.73 Å². The molecule has 0 aromatic heterocycles. The van der Waals surface area contributed by atoms with E-state index in [4.69, 9.17) is 24.7 Å². The van der Waals surface area contributed by atoms with E-state index in [1.807, 2.05) is 12.1 Å². The summed E-state index contributed by atoms with van der Waals surface area (Å²) in [5.74, 6) is 2.87. The molecule has 0 saturated heterocycles. The monoisotopic (exact) mass is 459 g/mol. The molecule has 1 aliphatic heterocycles. The summed E-state index contributed by atoms with van der Waals surface area (Å²) in [5.41, 5.74) is 14.4. The van der Waals surface area contributed by atoms with E-state index in [0.717, 1.165) is 35.7 Å². The number of aryl methyl sites for hydroxylation is 2. The molecule has 2 N–H and O–H groups in total. The first kappa shape index (κ1) is 22.8. The van der Waals surface area contributed by atoms with E-state index in [0.29, 0.717) is 19.1 Å². The Balaban J connectivity index is 1.36. The van der Waals surface area contributed by atoms with E-state index in [9.17, 15) is 0 Å². The van der Waals surface area contributed by atoms with E-state index in [1.54, 1.807) is 7.11 Å². The lowest BCUT2D eigenvalue weighted by Crippen LogP contribution is -2.26. The van der Waals surface area contributed by atoms with Crippen molar-refractivity contribution >= 4 is 0 Å². The van der Waals surface area contributed by atoms with Crippen molar-refractivity contribution in [3.05, 3.63) is 76.3 Å². The predicted molar refractivity (Wildman–Crippen MR) is 134 cm³/mol. The molecule has 1 spiro atoms. The first-order chi connectivity index (χ1) is 16.5. The maximum absolute atomic E-state index is 6.28. The van der Waals surface area contributed by atoms with E-state index >= 15 is 0 Å². The highest BCUT2D eigenvalue weighted by molar-refractivity contribution is 5.75. The van der Waals surface area contributed by atoms with Gasteiger partial charge in [-0.05, 0) is 85.2 Å². The van der Waals surface area contributed by atoms with Gasteiger partial charge < -0.3 is 24.7 Å². The molecule has 0 radical (unpaired) electrons. The fourth-order valence-electron chi connectivity index (χ4n) is 5.30. The van der Waals surface area contributed by atoms with E-state index in [-0.39, 0.29) is 12.4 Å². The van der Waals surface area contributed by atoms with Gasteiger partial charge in [-0.1, -0.05) is 24.3 Å². The molecule has 1 unspecified atom stereocenters. The second kappa shape index (κ2) is 8.97. The van der Waals surface area contributed by atoms with Crippen molar-refractivity contribution in [1.29, 1.82) is 0 Å². The summed E-state index contributed by atoms with van der Waals surface area (Å²) in [7, 11) is 1.63. The van der Waals surface area contributed by atoms with Crippen LogP contribution in [0.3, 0.4) is 0 Å². The van der Waals surface area contributed by atoms with Crippen LogP contribution in [0.1, 0.15) is 46.6 Å². The van der Waals surface area contributed by atoms with Crippen molar-refractivity contribution in [2.75, 3.05) is 20.4 Å². The Morgan fingerprint density at radius 3 is 2.41 bits per heavy atom. The molecule has 3 aromatic rings. The molecular formula is C29H33NO4. The zero-order chi connectivity index (χ0) is 23.9. The first-order valence-electron chi connectivity index (χ1n) is 11.9. The minimum absolute atomic E-state index is 0.0551. The SMILES string of the molecule is COCOc1cc(C)c(-c2cccc(COc3ccc4c(c3)OC3(CC3)C4CN)c2C)c(C)c1. The second-order valence-electron chi connectivity index (χ2n) is 9.52. The molecule has 0 bridgehead atoms. The zero-order valence-electron chi connectivity index (χ0n) is 20.4. The molecule has 5 rings (SSSR count). The smallest absolute Gasteiger partial charge is 0.188 e. The summed E-state index contributed by atoms with van der Waals surface area (Å²) in [6.45, 7) is 7.77. The number of rotatable bonds is 8. The number of methoxy groups -OCH3 is 1. The number of benzene rings is 3. The Hall–Kier alpha value is -3.02. The highest BCUT2D eigenvalue weighted by Crippen LogP contribution is 2.57. The average Bonchev–Trinajstić information content (AvgIpc) is 3.51. The van der Waals surface area contributed by atoms with Crippen molar-refractivity contribution in [2.45, 2.75) is 51.7 Å². The second-order valence-corrected chi connectivity index (χ2v) is 9.52. The minimum Gasteiger partial charge on any atom is -0.489 e. The summed E-state index contributed by atoms with van der Waals surface area (Å²) in [6.07, 6.45) is 2.17. The lowest BCUT2D eigenvalue weighted by Gasteiger charge is -2.18. The van der Waals surface area contributed by atoms with Crippen LogP contribution in [-0.2, 0) is 11.3 Å². The molecule has 5 heteroatoms. The van der Waals surface area contributed by atoms with Gasteiger partial charge in [0.1, 0.15) is 29.5 Å². The highest BCUT2D eigenvalue weighted by Gasteiger charge is 2.56. The third-order valence-corrected chi connectivity index (χ3v) is 7.25. The first-order valence-corrected chi connectivity index (χ1v) is 11.9. The number of hydrogen-bond donors (Lipinski definition) is 1. The molecule has 3 aromatic carbocycles. The maximum atomic E-state index is 6.28. The summed E-state index contributed by atoms with van der Waals surface area (Å²) >= 11 is 0. The number of nitrogens with two attached hydrogens (primary N) is 1. The summed E-state index contributed by atoms with van der Waals surface area (Å²) in [6, 6.07) is 16.7. The maximum Gasteiger partial charge on any atom is 0.188 e. The standard InChI is InChI=1S/C29H33NO4/c1-18-12-23(33-17-31-4)13-19(2)28(18)24-7-5-6-21(20(24)3)16-32-22-8-9-25-26(15-30)29(10-11-29)34-27(25)14-22/h5-9,12-14,26H,10-11,15-17,30H2,1-4H3. The van der Waals surface area contributed by atoms with Crippen LogP contribution in [0.4, 0.5) is 0 Å². The van der Waals surface area contributed by atoms with Gasteiger partial charge in [0.15, 0.2) is 6.79 Å². The summed E-state index contributed by atoms with van der Waals surface area (Å²) in [4.78, 5) is 0. The molecule has 5 nitrogen and oxygen atoms in total. The lowest BCUT2D eigenvalue weighted by atomic mass is 9.90. The Bertz CT molecular complexity index is 1190. The van der Waals surface area contributed by atoms with Crippen molar-refractivity contribution in [3.8, 4) is 28.4 Å². The van der Waals surface area contributed by atoms with E-state index < -0.39 is 0 Å². The van der Waals surface area contributed by atoms with Crippen LogP contribution in [-0.4, -0.2) is 26.0 Å². The van der Waals surface area contributed by atoms with Crippen LogP contribution < -0.4 is 19.9 Å². The lowest BCUT2D eigenvalue weighted by molar-refractivity contribution is 0.0511. The largest absolute Gasteiger partial charge is 0.489 e. The van der Waals surface area contributed by atoms with Crippen molar-refractivity contribution < 1.29 is 18.9 Å². The number of hydrogen-bond acceptors (Lipinski definition) is 5. The van der Waals surface area contributed by atoms with E-state index in [1.165, 1.54) is 33.4 Å². The fraction of sp³-hybridized carbons (Fsp3) is 0.379. The van der Waals surface area contributed by atoms with Crippen LogP contribution in [0.5, 0.6) is 17.2 Å². The Morgan fingerprint density at radius 2 is 1.74 bits per heavy atom. The van der Waals surface area contributed by atoms with Crippen molar-refractivity contribution in [1.82, 2.24) is 0 Å². The van der Waals surface area contributed by atoms with Crippen LogP contribution in [0.2, 0.25) is 0 Å². The normalized spacial score (nSPS) is 17.4. The molecule has 1 aliphatic carbocycles. The highest BCUT2D eigenvalue weighted by atomic mass is 16.7. The quantitative estimate of drug-likeness (QED) is 0.431. The predicted octanol–water partition coefficient (Wildman–Crippen LogP) is 5.81. The molecule has 1 heterocycles. The molecule has 2 aliphatic rings. The summed E-state index contributed by atoms with van der Waals surface area (Å²) in [5, 5.41) is 0. The molecular weight excluding hydrogens is 426 g/mol. The molecule has 34 heavy (non-hydrogen) atoms. The number of fused-ring (bicyclic) bond motifs is 1. The van der Waals surface area contributed by atoms with Crippen molar-refractivity contribution in [3.63, 3.8) is 0 Å². The van der Waals surface area contributed by atoms with Gasteiger partial charge in [0, 0.05) is 31.2 Å².